The lowest BCUT2D eigenvalue weighted by Crippen LogP contribution is -2.17. The first-order chi connectivity index (χ1) is 12.7. The van der Waals surface area contributed by atoms with Crippen molar-refractivity contribution < 1.29 is 13.9 Å². The van der Waals surface area contributed by atoms with Crippen molar-refractivity contribution in [2.24, 2.45) is 5.10 Å². The number of carbonyl (C=O) groups excluding carboxylic acids is 1. The van der Waals surface area contributed by atoms with Crippen LogP contribution in [0, 0.1) is 5.82 Å². The maximum atomic E-state index is 13.6. The number of ether oxygens (including phenoxy) is 1. The molecule has 0 aliphatic heterocycles. The fraction of sp³-hybridized carbons (Fsp3) is 0.0500. The Bertz CT molecular complexity index is 914. The van der Waals surface area contributed by atoms with E-state index in [1.807, 2.05) is 6.07 Å². The molecule has 0 saturated heterocycles. The number of nitrogens with one attached hydrogen (secondary N) is 1. The molecule has 0 aliphatic rings. The first-order valence-electron chi connectivity index (χ1n) is 7.92. The number of aromatic nitrogens is 1. The van der Waals surface area contributed by atoms with E-state index in [1.54, 1.807) is 48.5 Å². The number of nitrogens with zero attached hydrogens (tertiary/aromatic N) is 2. The number of pyridine rings is 1. The molecule has 1 N–H and O–H groups in total. The predicted molar refractivity (Wildman–Crippen MR) is 96.5 cm³/mol. The Morgan fingerprint density at radius 1 is 1.12 bits per heavy atom. The predicted octanol–water partition coefficient (Wildman–Crippen LogP) is 3.56. The number of hydrogen-bond acceptors (Lipinski definition) is 4. The van der Waals surface area contributed by atoms with E-state index in [-0.39, 0.29) is 18.3 Å². The largest absolute Gasteiger partial charge is 0.489 e. The molecule has 0 radical (unpaired) electrons. The van der Waals surface area contributed by atoms with Gasteiger partial charge in [0.15, 0.2) is 0 Å². The van der Waals surface area contributed by atoms with E-state index < -0.39 is 0 Å². The zero-order valence-corrected chi connectivity index (χ0v) is 13.8. The van der Waals surface area contributed by atoms with Gasteiger partial charge in [0, 0.05) is 23.5 Å². The molecule has 1 amide bonds. The normalized spacial score (nSPS) is 10.7. The van der Waals surface area contributed by atoms with E-state index in [1.165, 1.54) is 24.7 Å². The summed E-state index contributed by atoms with van der Waals surface area (Å²) < 4.78 is 19.2. The Morgan fingerprint density at radius 3 is 2.73 bits per heavy atom. The van der Waals surface area contributed by atoms with Crippen molar-refractivity contribution in [2.75, 3.05) is 0 Å². The van der Waals surface area contributed by atoms with Gasteiger partial charge < -0.3 is 4.74 Å². The molecule has 0 saturated carbocycles. The van der Waals surface area contributed by atoms with Crippen molar-refractivity contribution in [1.29, 1.82) is 0 Å². The minimum absolute atomic E-state index is 0.131. The van der Waals surface area contributed by atoms with Gasteiger partial charge in [-0.3, -0.25) is 9.78 Å². The SMILES string of the molecule is O=C(NN=Cc1cccc(OCc2ccccc2F)c1)c1ccncc1. The van der Waals surface area contributed by atoms with Crippen molar-refractivity contribution in [1.82, 2.24) is 10.4 Å². The zero-order valence-electron chi connectivity index (χ0n) is 13.8. The molecule has 0 atom stereocenters. The van der Waals surface area contributed by atoms with Crippen LogP contribution in [0.3, 0.4) is 0 Å². The van der Waals surface area contributed by atoms with Gasteiger partial charge in [-0.25, -0.2) is 9.82 Å². The molecular weight excluding hydrogens is 333 g/mol. The van der Waals surface area contributed by atoms with Gasteiger partial charge in [-0.2, -0.15) is 5.10 Å². The van der Waals surface area contributed by atoms with Crippen LogP contribution in [0.1, 0.15) is 21.5 Å². The van der Waals surface area contributed by atoms with Gasteiger partial charge in [-0.1, -0.05) is 30.3 Å². The average molecular weight is 349 g/mol. The lowest BCUT2D eigenvalue weighted by Gasteiger charge is -2.07. The summed E-state index contributed by atoms with van der Waals surface area (Å²) in [4.78, 5) is 15.7. The van der Waals surface area contributed by atoms with Crippen LogP contribution in [-0.4, -0.2) is 17.1 Å². The standard InChI is InChI=1S/C20H16FN3O2/c21-19-7-2-1-5-17(19)14-26-18-6-3-4-15(12-18)13-23-24-20(25)16-8-10-22-11-9-16/h1-13H,14H2,(H,24,25). The van der Waals surface area contributed by atoms with Gasteiger partial charge in [-0.15, -0.1) is 0 Å². The van der Waals surface area contributed by atoms with Crippen LogP contribution >= 0.6 is 0 Å². The lowest BCUT2D eigenvalue weighted by molar-refractivity contribution is 0.0955. The van der Waals surface area contributed by atoms with Crippen molar-refractivity contribution >= 4 is 12.1 Å². The summed E-state index contributed by atoms with van der Waals surface area (Å²) in [6.07, 6.45) is 4.58. The molecule has 6 heteroatoms. The fourth-order valence-corrected chi connectivity index (χ4v) is 2.19. The van der Waals surface area contributed by atoms with Gasteiger partial charge in [0.2, 0.25) is 0 Å². The molecule has 0 unspecified atom stereocenters. The monoisotopic (exact) mass is 349 g/mol. The molecule has 0 fully saturated rings. The smallest absolute Gasteiger partial charge is 0.271 e. The quantitative estimate of drug-likeness (QED) is 0.547. The van der Waals surface area contributed by atoms with Crippen LogP contribution in [0.15, 0.2) is 78.2 Å². The highest BCUT2D eigenvalue weighted by Crippen LogP contribution is 2.15. The second kappa shape index (κ2) is 8.53. The minimum atomic E-state index is -0.324. The summed E-state index contributed by atoms with van der Waals surface area (Å²) in [7, 11) is 0. The molecule has 1 heterocycles. The molecule has 5 nitrogen and oxygen atoms in total. The molecule has 1 aromatic heterocycles. The maximum absolute atomic E-state index is 13.6. The van der Waals surface area contributed by atoms with Crippen molar-refractivity contribution in [3.63, 3.8) is 0 Å². The lowest BCUT2D eigenvalue weighted by atomic mass is 10.2. The number of hydrogen-bond donors (Lipinski definition) is 1. The van der Waals surface area contributed by atoms with E-state index in [9.17, 15) is 9.18 Å². The summed E-state index contributed by atoms with van der Waals surface area (Å²) >= 11 is 0. The van der Waals surface area contributed by atoms with Gasteiger partial charge in [0.1, 0.15) is 18.2 Å². The maximum Gasteiger partial charge on any atom is 0.271 e. The summed E-state index contributed by atoms with van der Waals surface area (Å²) in [5, 5.41) is 3.93. The van der Waals surface area contributed by atoms with Gasteiger partial charge in [0.05, 0.1) is 6.21 Å². The number of hydrazone groups is 1. The van der Waals surface area contributed by atoms with Crippen LogP contribution in [0.25, 0.3) is 0 Å². The molecule has 0 spiro atoms. The van der Waals surface area contributed by atoms with Crippen molar-refractivity contribution in [3.05, 3.63) is 95.6 Å². The Hall–Kier alpha value is -3.54. The van der Waals surface area contributed by atoms with Crippen LogP contribution in [0.2, 0.25) is 0 Å². The number of amides is 1. The van der Waals surface area contributed by atoms with Gasteiger partial charge >= 0.3 is 0 Å². The third-order valence-corrected chi connectivity index (χ3v) is 3.53. The summed E-state index contributed by atoms with van der Waals surface area (Å²) in [5.41, 5.74) is 4.14. The third kappa shape index (κ3) is 4.73. The van der Waals surface area contributed by atoms with Gasteiger partial charge in [0.25, 0.3) is 5.91 Å². The van der Waals surface area contributed by atoms with Crippen LogP contribution in [-0.2, 0) is 6.61 Å². The Kier molecular flexibility index (Phi) is 5.67. The first kappa shape index (κ1) is 17.3. The molecule has 0 aliphatic carbocycles. The first-order valence-corrected chi connectivity index (χ1v) is 7.92. The molecule has 26 heavy (non-hydrogen) atoms. The second-order valence-electron chi connectivity index (χ2n) is 5.39. The average Bonchev–Trinajstić information content (AvgIpc) is 2.68. The fourth-order valence-electron chi connectivity index (χ4n) is 2.19. The Labute approximate surface area is 150 Å². The molecule has 0 bridgehead atoms. The highest BCUT2D eigenvalue weighted by Gasteiger charge is 2.03. The van der Waals surface area contributed by atoms with Crippen LogP contribution < -0.4 is 10.2 Å². The number of halogens is 1. The van der Waals surface area contributed by atoms with Crippen molar-refractivity contribution in [3.8, 4) is 5.75 Å². The summed E-state index contributed by atoms with van der Waals surface area (Å²) in [5.74, 6) is -0.0442. The molecule has 3 rings (SSSR count). The minimum Gasteiger partial charge on any atom is -0.489 e. The van der Waals surface area contributed by atoms with E-state index in [0.29, 0.717) is 16.9 Å². The van der Waals surface area contributed by atoms with Gasteiger partial charge in [-0.05, 0) is 35.9 Å². The highest BCUT2D eigenvalue weighted by molar-refractivity contribution is 5.94. The highest BCUT2D eigenvalue weighted by atomic mass is 19.1. The molecule has 2 aromatic carbocycles. The van der Waals surface area contributed by atoms with E-state index in [4.69, 9.17) is 4.74 Å². The number of carbonyl (C=O) groups is 1. The molecular formula is C20H16FN3O2. The third-order valence-electron chi connectivity index (χ3n) is 3.53. The summed E-state index contributed by atoms with van der Waals surface area (Å²) in [6.45, 7) is 0.131. The second-order valence-corrected chi connectivity index (χ2v) is 5.39. The molecule has 3 aromatic rings. The summed E-state index contributed by atoms with van der Waals surface area (Å²) in [6, 6.07) is 16.8. The van der Waals surface area contributed by atoms with Crippen molar-refractivity contribution in [2.45, 2.75) is 6.61 Å². The number of benzene rings is 2. The topological polar surface area (TPSA) is 63.6 Å². The number of rotatable bonds is 6. The Balaban J connectivity index is 1.58. The van der Waals surface area contributed by atoms with E-state index in [2.05, 4.69) is 15.5 Å². The molecule has 130 valence electrons. The van der Waals surface area contributed by atoms with E-state index in [0.717, 1.165) is 5.56 Å². The Morgan fingerprint density at radius 2 is 1.92 bits per heavy atom. The van der Waals surface area contributed by atoms with E-state index >= 15 is 0 Å². The van der Waals surface area contributed by atoms with Crippen LogP contribution in [0.5, 0.6) is 5.75 Å². The van der Waals surface area contributed by atoms with Crippen LogP contribution in [0.4, 0.5) is 4.39 Å². The zero-order chi connectivity index (χ0) is 18.2.